The average molecular weight is 198 g/mol. The maximum absolute atomic E-state index is 12.4. The van der Waals surface area contributed by atoms with Crippen molar-refractivity contribution in [2.75, 3.05) is 0 Å². The second kappa shape index (κ2) is 2.85. The SMILES string of the molecule is Oc1c(F)c(F)c(S)c(F)c1F. The summed E-state index contributed by atoms with van der Waals surface area (Å²) >= 11 is 3.16. The van der Waals surface area contributed by atoms with E-state index in [2.05, 4.69) is 12.6 Å². The molecule has 0 amide bonds. The quantitative estimate of drug-likeness (QED) is 0.372. The molecule has 0 aliphatic carbocycles. The molecule has 0 saturated heterocycles. The molecule has 66 valence electrons. The monoisotopic (exact) mass is 198 g/mol. The Kier molecular flexibility index (Phi) is 2.18. The molecule has 1 nitrogen and oxygen atoms in total. The predicted molar refractivity (Wildman–Crippen MR) is 35.2 cm³/mol. The maximum atomic E-state index is 12.4. The first kappa shape index (κ1) is 9.18. The fourth-order valence-electron chi connectivity index (χ4n) is 0.609. The Morgan fingerprint density at radius 3 is 1.50 bits per heavy atom. The van der Waals surface area contributed by atoms with Crippen molar-refractivity contribution in [2.45, 2.75) is 4.90 Å². The summed E-state index contributed by atoms with van der Waals surface area (Å²) in [6.45, 7) is 0. The van der Waals surface area contributed by atoms with E-state index in [0.717, 1.165) is 0 Å². The van der Waals surface area contributed by atoms with E-state index in [0.29, 0.717) is 0 Å². The maximum Gasteiger partial charge on any atom is 0.204 e. The minimum absolute atomic E-state index is 1.09. The zero-order valence-electron chi connectivity index (χ0n) is 5.41. The summed E-state index contributed by atoms with van der Waals surface area (Å²) in [6.07, 6.45) is 0. The second-order valence-electron chi connectivity index (χ2n) is 1.95. The van der Waals surface area contributed by atoms with E-state index in [1.807, 2.05) is 0 Å². The summed E-state index contributed by atoms with van der Waals surface area (Å²) in [5, 5.41) is 8.43. The predicted octanol–water partition coefficient (Wildman–Crippen LogP) is 2.24. The third-order valence-electron chi connectivity index (χ3n) is 1.22. The van der Waals surface area contributed by atoms with E-state index in [1.54, 1.807) is 0 Å². The number of hydrogen-bond donors (Lipinski definition) is 2. The summed E-state index contributed by atoms with van der Waals surface area (Å²) in [5.41, 5.74) is 0. The van der Waals surface area contributed by atoms with Gasteiger partial charge in [-0.15, -0.1) is 12.6 Å². The highest BCUT2D eigenvalue weighted by atomic mass is 32.1. The Morgan fingerprint density at radius 2 is 1.17 bits per heavy atom. The van der Waals surface area contributed by atoms with Crippen LogP contribution in [0.2, 0.25) is 0 Å². The van der Waals surface area contributed by atoms with Crippen LogP contribution in [0.4, 0.5) is 17.6 Å². The van der Waals surface area contributed by atoms with Gasteiger partial charge < -0.3 is 5.11 Å². The first-order valence-corrected chi connectivity index (χ1v) is 3.15. The molecule has 0 unspecified atom stereocenters. The van der Waals surface area contributed by atoms with Crippen LogP contribution in [-0.4, -0.2) is 5.11 Å². The highest BCUT2D eigenvalue weighted by Crippen LogP contribution is 2.30. The number of benzene rings is 1. The lowest BCUT2D eigenvalue weighted by Crippen LogP contribution is -1.96. The van der Waals surface area contributed by atoms with Gasteiger partial charge in [0, 0.05) is 0 Å². The highest BCUT2D eigenvalue weighted by molar-refractivity contribution is 7.80. The summed E-state index contributed by atoms with van der Waals surface area (Å²) in [5.74, 6) is -8.80. The van der Waals surface area contributed by atoms with Gasteiger partial charge in [0.2, 0.25) is 11.6 Å². The molecule has 0 aromatic heterocycles. The number of hydrogen-bond acceptors (Lipinski definition) is 2. The Hall–Kier alpha value is -0.910. The van der Waals surface area contributed by atoms with Crippen molar-refractivity contribution >= 4 is 12.6 Å². The molecule has 0 atom stereocenters. The summed E-state index contributed by atoms with van der Waals surface area (Å²) < 4.78 is 49.5. The summed E-state index contributed by atoms with van der Waals surface area (Å²) in [7, 11) is 0. The normalized spacial score (nSPS) is 10.4. The number of phenolic OH excluding ortho intramolecular Hbond substituents is 1. The lowest BCUT2D eigenvalue weighted by Gasteiger charge is -2.02. The van der Waals surface area contributed by atoms with Crippen LogP contribution in [0, 0.1) is 23.3 Å². The first-order chi connectivity index (χ1) is 5.46. The Labute approximate surface area is 70.0 Å². The zero-order chi connectivity index (χ0) is 9.46. The summed E-state index contributed by atoms with van der Waals surface area (Å²) in [6, 6.07) is 0. The minimum Gasteiger partial charge on any atom is -0.503 e. The van der Waals surface area contributed by atoms with E-state index in [1.165, 1.54) is 0 Å². The molecule has 0 spiro atoms. The average Bonchev–Trinajstić information content (AvgIpc) is 2.08. The van der Waals surface area contributed by atoms with Crippen LogP contribution in [0.5, 0.6) is 5.75 Å². The van der Waals surface area contributed by atoms with Crippen LogP contribution in [0.1, 0.15) is 0 Å². The Balaban J connectivity index is 3.60. The van der Waals surface area contributed by atoms with Crippen molar-refractivity contribution in [2.24, 2.45) is 0 Å². The van der Waals surface area contributed by atoms with E-state index in [9.17, 15) is 17.6 Å². The fraction of sp³-hybridized carbons (Fsp3) is 0. The van der Waals surface area contributed by atoms with Crippen LogP contribution < -0.4 is 0 Å². The molecule has 12 heavy (non-hydrogen) atoms. The number of aromatic hydroxyl groups is 1. The van der Waals surface area contributed by atoms with Gasteiger partial charge in [0.05, 0.1) is 4.90 Å². The van der Waals surface area contributed by atoms with Crippen molar-refractivity contribution in [1.82, 2.24) is 0 Å². The van der Waals surface area contributed by atoms with Crippen LogP contribution in [0.25, 0.3) is 0 Å². The third kappa shape index (κ3) is 1.12. The molecule has 1 rings (SSSR count). The number of thiol groups is 1. The standard InChI is InChI=1S/C6H2F4OS/c7-1-3(9)6(12)4(10)2(8)5(1)11/h11-12H. The van der Waals surface area contributed by atoms with Crippen LogP contribution in [0.15, 0.2) is 4.90 Å². The summed E-state index contributed by atoms with van der Waals surface area (Å²) in [4.78, 5) is -1.09. The Bertz CT molecular complexity index is 234. The number of phenols is 1. The van der Waals surface area contributed by atoms with E-state index < -0.39 is 33.9 Å². The minimum atomic E-state index is -1.85. The van der Waals surface area contributed by atoms with Gasteiger partial charge in [-0.1, -0.05) is 0 Å². The van der Waals surface area contributed by atoms with E-state index >= 15 is 0 Å². The van der Waals surface area contributed by atoms with Crippen LogP contribution >= 0.6 is 12.6 Å². The third-order valence-corrected chi connectivity index (χ3v) is 1.61. The molecular formula is C6H2F4OS. The van der Waals surface area contributed by atoms with E-state index in [-0.39, 0.29) is 0 Å². The molecule has 0 fully saturated rings. The molecule has 0 radical (unpaired) electrons. The highest BCUT2D eigenvalue weighted by Gasteiger charge is 2.22. The fourth-order valence-corrected chi connectivity index (χ4v) is 0.805. The molecular weight excluding hydrogens is 196 g/mol. The molecule has 0 saturated carbocycles. The number of rotatable bonds is 0. The van der Waals surface area contributed by atoms with Gasteiger partial charge in [0.15, 0.2) is 17.4 Å². The van der Waals surface area contributed by atoms with Gasteiger partial charge in [-0.25, -0.2) is 8.78 Å². The molecule has 1 N–H and O–H groups in total. The van der Waals surface area contributed by atoms with Gasteiger partial charge in [-0.3, -0.25) is 0 Å². The molecule has 6 heteroatoms. The second-order valence-corrected chi connectivity index (χ2v) is 2.40. The van der Waals surface area contributed by atoms with Crippen molar-refractivity contribution < 1.29 is 22.7 Å². The molecule has 0 heterocycles. The van der Waals surface area contributed by atoms with Crippen LogP contribution in [0.3, 0.4) is 0 Å². The molecule has 1 aromatic carbocycles. The lowest BCUT2D eigenvalue weighted by atomic mass is 10.3. The zero-order valence-corrected chi connectivity index (χ0v) is 6.30. The van der Waals surface area contributed by atoms with Gasteiger partial charge in [-0.2, -0.15) is 8.78 Å². The van der Waals surface area contributed by atoms with Crippen molar-refractivity contribution in [3.63, 3.8) is 0 Å². The molecule has 1 aromatic rings. The van der Waals surface area contributed by atoms with Crippen LogP contribution in [-0.2, 0) is 0 Å². The molecule has 0 aliphatic rings. The lowest BCUT2D eigenvalue weighted by molar-refractivity contribution is 0.344. The first-order valence-electron chi connectivity index (χ1n) is 2.70. The van der Waals surface area contributed by atoms with Crippen molar-refractivity contribution in [1.29, 1.82) is 0 Å². The Morgan fingerprint density at radius 1 is 0.833 bits per heavy atom. The van der Waals surface area contributed by atoms with Gasteiger partial charge in [0.1, 0.15) is 0 Å². The van der Waals surface area contributed by atoms with Crippen molar-refractivity contribution in [3.8, 4) is 5.75 Å². The smallest absolute Gasteiger partial charge is 0.204 e. The van der Waals surface area contributed by atoms with E-state index in [4.69, 9.17) is 5.11 Å². The molecule has 0 aliphatic heterocycles. The van der Waals surface area contributed by atoms with Crippen molar-refractivity contribution in [3.05, 3.63) is 23.3 Å². The van der Waals surface area contributed by atoms with Gasteiger partial charge >= 0.3 is 0 Å². The largest absolute Gasteiger partial charge is 0.503 e. The topological polar surface area (TPSA) is 20.2 Å². The van der Waals surface area contributed by atoms with Gasteiger partial charge in [0.25, 0.3) is 0 Å². The number of halogens is 4. The van der Waals surface area contributed by atoms with Gasteiger partial charge in [-0.05, 0) is 0 Å². The molecule has 0 bridgehead atoms.